The lowest BCUT2D eigenvalue weighted by Crippen LogP contribution is -2.39. The van der Waals surface area contributed by atoms with Crippen LogP contribution in [0.1, 0.15) is 46.4 Å². The summed E-state index contributed by atoms with van der Waals surface area (Å²) in [6, 6.07) is 9.50. The van der Waals surface area contributed by atoms with Gasteiger partial charge >= 0.3 is 5.97 Å². The first-order valence-electron chi connectivity index (χ1n) is 10.2. The number of nitrogens with one attached hydrogen (secondary N) is 2. The van der Waals surface area contributed by atoms with E-state index in [2.05, 4.69) is 15.7 Å². The minimum absolute atomic E-state index is 0.188. The van der Waals surface area contributed by atoms with E-state index in [1.54, 1.807) is 12.3 Å². The number of piperidine rings is 1. The van der Waals surface area contributed by atoms with Gasteiger partial charge in [-0.3, -0.25) is 0 Å². The van der Waals surface area contributed by atoms with E-state index in [1.165, 1.54) is 18.4 Å². The normalized spacial score (nSPS) is 17.4. The molecule has 0 bridgehead atoms. The topological polar surface area (TPSA) is 80.5 Å². The first-order valence-corrected chi connectivity index (χ1v) is 10.2. The van der Waals surface area contributed by atoms with Gasteiger partial charge in [0.25, 0.3) is 0 Å². The second-order valence-electron chi connectivity index (χ2n) is 7.96. The number of hydrogen-bond acceptors (Lipinski definition) is 6. The number of hydrogen-bond donors (Lipinski definition) is 2. The van der Waals surface area contributed by atoms with Crippen molar-refractivity contribution in [2.24, 2.45) is 0 Å². The molecule has 2 N–H and O–H groups in total. The number of benzene rings is 1. The molecule has 1 aromatic carbocycles. The van der Waals surface area contributed by atoms with Crippen LogP contribution in [0, 0.1) is 0 Å². The summed E-state index contributed by atoms with van der Waals surface area (Å²) in [5, 5.41) is 11.6. The van der Waals surface area contributed by atoms with Gasteiger partial charge in [0.15, 0.2) is 5.65 Å². The molecule has 0 radical (unpaired) electrons. The average Bonchev–Trinajstić information content (AvgIpc) is 3.37. The lowest BCUT2D eigenvalue weighted by atomic mass is 9.77. The maximum atomic E-state index is 11.8. The zero-order chi connectivity index (χ0) is 19.8. The Morgan fingerprint density at radius 1 is 1.28 bits per heavy atom. The summed E-state index contributed by atoms with van der Waals surface area (Å²) < 4.78 is 6.74. The molecule has 7 nitrogen and oxygen atoms in total. The van der Waals surface area contributed by atoms with Crippen LogP contribution >= 0.6 is 0 Å². The number of carbonyl (C=O) groups excluding carboxylic acids is 1. The highest BCUT2D eigenvalue weighted by molar-refractivity contribution is 5.89. The van der Waals surface area contributed by atoms with Crippen molar-refractivity contribution in [2.45, 2.75) is 37.6 Å². The summed E-state index contributed by atoms with van der Waals surface area (Å²) >= 11 is 0. The van der Waals surface area contributed by atoms with Gasteiger partial charge in [-0.15, -0.1) is 0 Å². The number of methoxy groups -OCH3 is 1. The van der Waals surface area contributed by atoms with Crippen molar-refractivity contribution in [2.75, 3.05) is 25.5 Å². The molecule has 5 rings (SSSR count). The van der Waals surface area contributed by atoms with Crippen LogP contribution in [0.3, 0.4) is 0 Å². The Hall–Kier alpha value is -2.93. The highest BCUT2D eigenvalue weighted by Crippen LogP contribution is 2.46. The van der Waals surface area contributed by atoms with Crippen LogP contribution < -0.4 is 10.6 Å². The number of esters is 1. The largest absolute Gasteiger partial charge is 0.465 e. The Morgan fingerprint density at radius 3 is 2.97 bits per heavy atom. The van der Waals surface area contributed by atoms with Crippen LogP contribution in [0.25, 0.3) is 5.65 Å². The third-order valence-corrected chi connectivity index (χ3v) is 6.36. The second-order valence-corrected chi connectivity index (χ2v) is 7.96. The number of nitrogens with zero attached hydrogens (tertiary/aromatic N) is 3. The van der Waals surface area contributed by atoms with Gasteiger partial charge < -0.3 is 15.4 Å². The fraction of sp³-hybridized carbons (Fsp3) is 0.409. The van der Waals surface area contributed by atoms with Crippen molar-refractivity contribution in [1.29, 1.82) is 0 Å². The molecule has 3 heterocycles. The van der Waals surface area contributed by atoms with Crippen molar-refractivity contribution >= 4 is 17.4 Å². The third-order valence-electron chi connectivity index (χ3n) is 6.36. The summed E-state index contributed by atoms with van der Waals surface area (Å²) in [5.74, 6) is 0.702. The van der Waals surface area contributed by atoms with Gasteiger partial charge in [-0.2, -0.15) is 9.61 Å². The molecule has 29 heavy (non-hydrogen) atoms. The van der Waals surface area contributed by atoms with Crippen LogP contribution in [0.4, 0.5) is 5.82 Å². The standard InChI is InChI=1S/C22H25N5O2/c1-29-21(28)16-4-2-3-15(13-16)14-24-20-17-5-7-22(8-11-23-12-9-22)19(17)26-18-6-10-25-27(18)20/h2-4,6,10,13,23-24H,5,7-9,11-12,14H2,1H3. The molecule has 2 aliphatic rings. The summed E-state index contributed by atoms with van der Waals surface area (Å²) in [5.41, 5.74) is 5.19. The number of fused-ring (bicyclic) bond motifs is 3. The van der Waals surface area contributed by atoms with Gasteiger partial charge in [0.05, 0.1) is 24.6 Å². The number of rotatable bonds is 4. The maximum Gasteiger partial charge on any atom is 0.337 e. The zero-order valence-corrected chi connectivity index (χ0v) is 16.6. The monoisotopic (exact) mass is 391 g/mol. The van der Waals surface area contributed by atoms with E-state index in [9.17, 15) is 4.79 Å². The summed E-state index contributed by atoms with van der Waals surface area (Å²) in [6.45, 7) is 2.70. The van der Waals surface area contributed by atoms with E-state index >= 15 is 0 Å². The van der Waals surface area contributed by atoms with Crippen molar-refractivity contribution in [3.05, 3.63) is 58.9 Å². The van der Waals surface area contributed by atoms with Gasteiger partial charge in [0.1, 0.15) is 5.82 Å². The quantitative estimate of drug-likeness (QED) is 0.666. The van der Waals surface area contributed by atoms with E-state index in [-0.39, 0.29) is 11.4 Å². The molecule has 0 unspecified atom stereocenters. The molecule has 0 saturated carbocycles. The molecule has 0 amide bonds. The van der Waals surface area contributed by atoms with Crippen LogP contribution in [0.5, 0.6) is 0 Å². The Balaban J connectivity index is 1.50. The predicted molar refractivity (Wildman–Crippen MR) is 110 cm³/mol. The van der Waals surface area contributed by atoms with Gasteiger partial charge in [-0.1, -0.05) is 12.1 Å². The minimum Gasteiger partial charge on any atom is -0.465 e. The maximum absolute atomic E-state index is 11.8. The van der Waals surface area contributed by atoms with Crippen LogP contribution in [0.15, 0.2) is 36.5 Å². The molecule has 150 valence electrons. The molecule has 2 aromatic heterocycles. The summed E-state index contributed by atoms with van der Waals surface area (Å²) in [7, 11) is 1.40. The Bertz CT molecular complexity index is 1070. The highest BCUT2D eigenvalue weighted by Gasteiger charge is 2.42. The first kappa shape index (κ1) is 18.1. The Labute approximate surface area is 169 Å². The molecule has 1 aliphatic carbocycles. The van der Waals surface area contributed by atoms with Gasteiger partial charge in [-0.05, 0) is 56.5 Å². The molecule has 1 spiro atoms. The number of carbonyl (C=O) groups is 1. The summed E-state index contributed by atoms with van der Waals surface area (Å²) in [4.78, 5) is 16.9. The second kappa shape index (κ2) is 7.15. The molecule has 1 fully saturated rings. The Morgan fingerprint density at radius 2 is 2.14 bits per heavy atom. The summed E-state index contributed by atoms with van der Waals surface area (Å²) in [6.07, 6.45) is 6.24. The van der Waals surface area contributed by atoms with Crippen molar-refractivity contribution in [3.63, 3.8) is 0 Å². The molecule has 3 aromatic rings. The number of aromatic nitrogens is 3. The van der Waals surface area contributed by atoms with Gasteiger partial charge in [0.2, 0.25) is 0 Å². The average molecular weight is 391 g/mol. The van der Waals surface area contributed by atoms with Crippen LogP contribution in [0.2, 0.25) is 0 Å². The molecule has 7 heteroatoms. The van der Waals surface area contributed by atoms with E-state index in [4.69, 9.17) is 9.72 Å². The van der Waals surface area contributed by atoms with E-state index in [0.717, 1.165) is 55.8 Å². The van der Waals surface area contributed by atoms with E-state index in [0.29, 0.717) is 12.1 Å². The fourth-order valence-electron chi connectivity index (χ4n) is 4.82. The van der Waals surface area contributed by atoms with E-state index < -0.39 is 0 Å². The predicted octanol–water partition coefficient (Wildman–Crippen LogP) is 2.70. The smallest absolute Gasteiger partial charge is 0.337 e. The minimum atomic E-state index is -0.320. The molecule has 0 atom stereocenters. The molecular weight excluding hydrogens is 366 g/mol. The van der Waals surface area contributed by atoms with Crippen LogP contribution in [-0.4, -0.2) is 40.8 Å². The lowest BCUT2D eigenvalue weighted by molar-refractivity contribution is 0.0600. The third kappa shape index (κ3) is 3.06. The number of ether oxygens (including phenoxy) is 1. The Kier molecular flexibility index (Phi) is 4.47. The SMILES string of the molecule is COC(=O)c1cccc(CNc2c3c(nc4ccnn24)C2(CCNCC2)CC3)c1. The zero-order valence-electron chi connectivity index (χ0n) is 16.6. The van der Waals surface area contributed by atoms with Crippen molar-refractivity contribution < 1.29 is 9.53 Å². The van der Waals surface area contributed by atoms with E-state index in [1.807, 2.05) is 28.8 Å². The molecular formula is C22H25N5O2. The lowest BCUT2D eigenvalue weighted by Gasteiger charge is -2.34. The number of anilines is 1. The van der Waals surface area contributed by atoms with Gasteiger partial charge in [-0.25, -0.2) is 9.78 Å². The van der Waals surface area contributed by atoms with Crippen molar-refractivity contribution in [1.82, 2.24) is 19.9 Å². The fourth-order valence-corrected chi connectivity index (χ4v) is 4.82. The van der Waals surface area contributed by atoms with Crippen molar-refractivity contribution in [3.8, 4) is 0 Å². The molecule has 1 saturated heterocycles. The highest BCUT2D eigenvalue weighted by atomic mass is 16.5. The van der Waals surface area contributed by atoms with Gasteiger partial charge in [0, 0.05) is 23.6 Å². The first-order chi connectivity index (χ1) is 14.2. The van der Waals surface area contributed by atoms with Crippen LogP contribution in [-0.2, 0) is 23.1 Å². The molecule has 1 aliphatic heterocycles.